The van der Waals surface area contributed by atoms with Gasteiger partial charge in [-0.1, -0.05) is 42.5 Å². The van der Waals surface area contributed by atoms with E-state index in [2.05, 4.69) is 40.5 Å². The molecule has 0 saturated carbocycles. The Balaban J connectivity index is 1.42. The fourth-order valence-electron chi connectivity index (χ4n) is 4.54. The minimum Gasteiger partial charge on any atom is -0.461 e. The molecular formula is C26H28N2O6. The summed E-state index contributed by atoms with van der Waals surface area (Å²) in [6.45, 7) is 1.39. The number of aromatic nitrogens is 2. The number of aryl methyl sites for hydroxylation is 3. The number of aliphatic hydroxyl groups is 4. The smallest absolute Gasteiger partial charge is 0.229 e. The highest BCUT2D eigenvalue weighted by Crippen LogP contribution is 2.33. The van der Waals surface area contributed by atoms with Crippen LogP contribution < -0.4 is 4.74 Å². The Morgan fingerprint density at radius 2 is 1.74 bits per heavy atom. The van der Waals surface area contributed by atoms with E-state index in [1.54, 1.807) is 0 Å². The van der Waals surface area contributed by atoms with E-state index in [9.17, 15) is 20.4 Å². The Bertz CT molecular complexity index is 1300. The molecule has 2 heterocycles. The molecule has 5 rings (SSSR count). The molecule has 34 heavy (non-hydrogen) atoms. The molecule has 1 saturated heterocycles. The number of rotatable bonds is 6. The first-order valence-electron chi connectivity index (χ1n) is 11.4. The Morgan fingerprint density at radius 1 is 0.941 bits per heavy atom. The van der Waals surface area contributed by atoms with Crippen LogP contribution in [0.5, 0.6) is 5.75 Å². The molecule has 1 aliphatic rings. The van der Waals surface area contributed by atoms with Gasteiger partial charge in [-0.15, -0.1) is 0 Å². The van der Waals surface area contributed by atoms with Crippen LogP contribution in [0.4, 0.5) is 0 Å². The summed E-state index contributed by atoms with van der Waals surface area (Å²) in [5.41, 5.74) is 3.69. The number of nitrogens with one attached hydrogen (secondary N) is 1. The standard InChI is InChI=1S/C26H28N2O6/c1-14-10-19-22(20(11-14)33-26-25(32)24(31)23(30)21(13-29)34-26)18(27-28-19)9-7-15-6-8-16-4-2-3-5-17(16)12-15/h2-6,8,10-12,21,23-26,29-32H,7,9,13H2,1H3,(H,27,28). The predicted molar refractivity (Wildman–Crippen MR) is 127 cm³/mol. The number of H-pyrrole nitrogens is 1. The Hall–Kier alpha value is -3.01. The van der Waals surface area contributed by atoms with E-state index in [0.717, 1.165) is 23.1 Å². The van der Waals surface area contributed by atoms with Gasteiger partial charge in [0.15, 0.2) is 0 Å². The first kappa shape index (κ1) is 22.8. The van der Waals surface area contributed by atoms with Crippen molar-refractivity contribution in [2.45, 2.75) is 50.5 Å². The molecule has 0 spiro atoms. The van der Waals surface area contributed by atoms with Gasteiger partial charge in [0.05, 0.1) is 17.5 Å². The normalized spacial score (nSPS) is 25.1. The highest BCUT2D eigenvalue weighted by molar-refractivity contribution is 5.88. The molecule has 8 nitrogen and oxygen atoms in total. The van der Waals surface area contributed by atoms with Crippen LogP contribution >= 0.6 is 0 Å². The highest BCUT2D eigenvalue weighted by atomic mass is 16.7. The van der Waals surface area contributed by atoms with Gasteiger partial charge in [0, 0.05) is 5.69 Å². The second kappa shape index (κ2) is 9.32. The average Bonchev–Trinajstić information content (AvgIpc) is 3.25. The molecule has 0 bridgehead atoms. The monoisotopic (exact) mass is 464 g/mol. The molecule has 1 fully saturated rings. The third-order valence-corrected chi connectivity index (χ3v) is 6.41. The summed E-state index contributed by atoms with van der Waals surface area (Å²) in [7, 11) is 0. The average molecular weight is 465 g/mol. The van der Waals surface area contributed by atoms with Gasteiger partial charge in [0.25, 0.3) is 0 Å². The number of nitrogens with zero attached hydrogens (tertiary/aromatic N) is 1. The molecule has 0 amide bonds. The zero-order chi connectivity index (χ0) is 23.8. The lowest BCUT2D eigenvalue weighted by Crippen LogP contribution is -2.60. The maximum atomic E-state index is 10.4. The van der Waals surface area contributed by atoms with Gasteiger partial charge in [0.2, 0.25) is 6.29 Å². The van der Waals surface area contributed by atoms with Crippen molar-refractivity contribution in [3.8, 4) is 5.75 Å². The van der Waals surface area contributed by atoms with Gasteiger partial charge in [-0.25, -0.2) is 0 Å². The van der Waals surface area contributed by atoms with Crippen molar-refractivity contribution in [1.29, 1.82) is 0 Å². The van der Waals surface area contributed by atoms with Crippen molar-refractivity contribution >= 4 is 21.7 Å². The SMILES string of the molecule is Cc1cc(OC2OC(CO)C(O)C(O)C2O)c2c(CCc3ccc4ccccc4c3)[nH]nc2c1. The van der Waals surface area contributed by atoms with Crippen LogP contribution in [0.3, 0.4) is 0 Å². The second-order valence-electron chi connectivity index (χ2n) is 8.86. The van der Waals surface area contributed by atoms with Crippen LogP contribution in [-0.2, 0) is 17.6 Å². The van der Waals surface area contributed by atoms with E-state index in [1.165, 1.54) is 16.3 Å². The number of aliphatic hydroxyl groups excluding tert-OH is 4. The van der Waals surface area contributed by atoms with Crippen molar-refractivity contribution in [2.75, 3.05) is 6.61 Å². The molecule has 0 radical (unpaired) electrons. The number of aromatic amines is 1. The number of ether oxygens (including phenoxy) is 2. The highest BCUT2D eigenvalue weighted by Gasteiger charge is 2.44. The van der Waals surface area contributed by atoms with E-state index in [4.69, 9.17) is 9.47 Å². The van der Waals surface area contributed by atoms with Crippen LogP contribution in [0, 0.1) is 6.92 Å². The first-order valence-corrected chi connectivity index (χ1v) is 11.4. The van der Waals surface area contributed by atoms with E-state index in [-0.39, 0.29) is 0 Å². The van der Waals surface area contributed by atoms with Crippen LogP contribution in [-0.4, -0.2) is 67.9 Å². The fourth-order valence-corrected chi connectivity index (χ4v) is 4.54. The van der Waals surface area contributed by atoms with E-state index < -0.39 is 37.3 Å². The van der Waals surface area contributed by atoms with Crippen LogP contribution in [0.15, 0.2) is 54.6 Å². The minimum absolute atomic E-state index is 0.446. The van der Waals surface area contributed by atoms with Gasteiger partial charge in [0.1, 0.15) is 30.2 Å². The van der Waals surface area contributed by atoms with Crippen LogP contribution in [0.25, 0.3) is 21.7 Å². The lowest BCUT2D eigenvalue weighted by Gasteiger charge is -2.39. The number of hydrogen-bond donors (Lipinski definition) is 5. The Kier molecular flexibility index (Phi) is 6.24. The van der Waals surface area contributed by atoms with Crippen molar-refractivity contribution in [3.63, 3.8) is 0 Å². The quantitative estimate of drug-likeness (QED) is 0.295. The zero-order valence-electron chi connectivity index (χ0n) is 18.8. The molecule has 4 aromatic rings. The molecule has 5 unspecified atom stereocenters. The summed E-state index contributed by atoms with van der Waals surface area (Å²) >= 11 is 0. The van der Waals surface area contributed by atoms with Crippen molar-refractivity contribution < 1.29 is 29.9 Å². The van der Waals surface area contributed by atoms with E-state index >= 15 is 0 Å². The number of fused-ring (bicyclic) bond motifs is 2. The molecule has 0 aliphatic carbocycles. The molecule has 3 aromatic carbocycles. The lowest BCUT2D eigenvalue weighted by atomic mass is 9.99. The van der Waals surface area contributed by atoms with E-state index in [1.807, 2.05) is 31.2 Å². The van der Waals surface area contributed by atoms with Crippen molar-refractivity contribution in [3.05, 3.63) is 71.4 Å². The molecule has 5 N–H and O–H groups in total. The molecule has 178 valence electrons. The summed E-state index contributed by atoms with van der Waals surface area (Å²) in [4.78, 5) is 0. The summed E-state index contributed by atoms with van der Waals surface area (Å²) in [5, 5.41) is 50.8. The third-order valence-electron chi connectivity index (χ3n) is 6.41. The topological polar surface area (TPSA) is 128 Å². The second-order valence-corrected chi connectivity index (χ2v) is 8.86. The Labute approximate surface area is 196 Å². The molecule has 5 atom stereocenters. The van der Waals surface area contributed by atoms with Gasteiger partial charge < -0.3 is 29.9 Å². The van der Waals surface area contributed by atoms with Crippen LogP contribution in [0.1, 0.15) is 16.8 Å². The van der Waals surface area contributed by atoms with Crippen molar-refractivity contribution in [1.82, 2.24) is 10.2 Å². The molecule has 8 heteroatoms. The molecule has 1 aliphatic heterocycles. The number of benzene rings is 3. The first-order chi connectivity index (χ1) is 16.4. The maximum absolute atomic E-state index is 10.4. The van der Waals surface area contributed by atoms with Crippen LogP contribution in [0.2, 0.25) is 0 Å². The predicted octanol–water partition coefficient (Wildman–Crippen LogP) is 1.99. The summed E-state index contributed by atoms with van der Waals surface area (Å²) < 4.78 is 11.6. The number of hydrogen-bond acceptors (Lipinski definition) is 7. The summed E-state index contributed by atoms with van der Waals surface area (Å²) in [5.74, 6) is 0.446. The zero-order valence-corrected chi connectivity index (χ0v) is 18.8. The summed E-state index contributed by atoms with van der Waals surface area (Å²) in [6.07, 6.45) is -5.26. The Morgan fingerprint density at radius 3 is 2.53 bits per heavy atom. The fraction of sp³-hybridized carbons (Fsp3) is 0.346. The van der Waals surface area contributed by atoms with Crippen molar-refractivity contribution in [2.24, 2.45) is 0 Å². The largest absolute Gasteiger partial charge is 0.461 e. The van der Waals surface area contributed by atoms with Gasteiger partial charge in [-0.3, -0.25) is 5.10 Å². The third kappa shape index (κ3) is 4.26. The minimum atomic E-state index is -1.51. The molecular weight excluding hydrogens is 436 g/mol. The van der Waals surface area contributed by atoms with Gasteiger partial charge in [-0.2, -0.15) is 5.10 Å². The van der Waals surface area contributed by atoms with Gasteiger partial charge in [-0.05, 0) is 53.8 Å². The lowest BCUT2D eigenvalue weighted by molar-refractivity contribution is -0.277. The summed E-state index contributed by atoms with van der Waals surface area (Å²) in [6, 6.07) is 18.4. The van der Waals surface area contributed by atoms with Gasteiger partial charge >= 0.3 is 0 Å². The van der Waals surface area contributed by atoms with E-state index in [0.29, 0.717) is 17.7 Å². The molecule has 1 aromatic heterocycles. The maximum Gasteiger partial charge on any atom is 0.229 e.